The van der Waals surface area contributed by atoms with Gasteiger partial charge in [-0.25, -0.2) is 0 Å². The number of methoxy groups -OCH3 is 1. The molecule has 0 saturated carbocycles. The second-order valence-corrected chi connectivity index (χ2v) is 5.80. The van der Waals surface area contributed by atoms with Gasteiger partial charge in [-0.05, 0) is 41.7 Å². The number of ether oxygens (including phenoxy) is 1. The topological polar surface area (TPSA) is 61.7 Å². The van der Waals surface area contributed by atoms with Gasteiger partial charge in [-0.2, -0.15) is 0 Å². The Kier molecular flexibility index (Phi) is 4.05. The summed E-state index contributed by atoms with van der Waals surface area (Å²) in [6, 6.07) is 13.4. The highest BCUT2D eigenvalue weighted by atomic mass is 16.5. The summed E-state index contributed by atoms with van der Waals surface area (Å²) < 4.78 is 5.03. The van der Waals surface area contributed by atoms with Gasteiger partial charge >= 0.3 is 0 Å². The Morgan fingerprint density at radius 2 is 2.05 bits per heavy atom. The molecule has 0 heterocycles. The molecule has 3 N–H and O–H groups in total. The average Bonchev–Trinajstić information content (AvgIpc) is 2.86. The normalized spacial score (nSPS) is 19.9. The van der Waals surface area contributed by atoms with Crippen LogP contribution in [0.15, 0.2) is 42.5 Å². The molecule has 116 valence electrons. The predicted octanol–water partition coefficient (Wildman–Crippen LogP) is 2.32. The zero-order chi connectivity index (χ0) is 15.6. The van der Waals surface area contributed by atoms with Crippen LogP contribution in [-0.4, -0.2) is 23.9 Å². The summed E-state index contributed by atoms with van der Waals surface area (Å²) in [6.07, 6.45) is 1.66. The van der Waals surface area contributed by atoms with Gasteiger partial charge in [-0.15, -0.1) is 0 Å². The lowest BCUT2D eigenvalue weighted by atomic mass is 9.96. The van der Waals surface area contributed by atoms with Gasteiger partial charge in [0.1, 0.15) is 5.60 Å². The molecule has 4 heteroatoms. The number of hydrogen-bond acceptors (Lipinski definition) is 4. The van der Waals surface area contributed by atoms with Gasteiger partial charge in [0.2, 0.25) is 0 Å². The third-order valence-corrected chi connectivity index (χ3v) is 4.32. The highest BCUT2D eigenvalue weighted by Gasteiger charge is 2.35. The largest absolute Gasteiger partial charge is 0.504 e. The van der Waals surface area contributed by atoms with E-state index in [4.69, 9.17) is 4.74 Å². The summed E-state index contributed by atoms with van der Waals surface area (Å²) in [5, 5.41) is 23.9. The Morgan fingerprint density at radius 3 is 2.82 bits per heavy atom. The maximum atomic E-state index is 10.8. The summed E-state index contributed by atoms with van der Waals surface area (Å²) in [7, 11) is 1.53. The molecule has 4 nitrogen and oxygen atoms in total. The van der Waals surface area contributed by atoms with Crippen LogP contribution in [0.3, 0.4) is 0 Å². The van der Waals surface area contributed by atoms with Crippen LogP contribution in [0.5, 0.6) is 11.5 Å². The molecule has 1 aliphatic rings. The quantitative estimate of drug-likeness (QED) is 0.793. The Morgan fingerprint density at radius 1 is 1.23 bits per heavy atom. The molecule has 0 bridgehead atoms. The number of aromatic hydroxyl groups is 1. The number of aryl methyl sites for hydroxylation is 1. The van der Waals surface area contributed by atoms with Crippen molar-refractivity contribution in [3.63, 3.8) is 0 Å². The average molecular weight is 299 g/mol. The number of phenolic OH excluding ortho intramolecular Hbond substituents is 1. The van der Waals surface area contributed by atoms with Crippen molar-refractivity contribution in [1.82, 2.24) is 5.32 Å². The van der Waals surface area contributed by atoms with Crippen LogP contribution in [0.1, 0.15) is 23.1 Å². The monoisotopic (exact) mass is 299 g/mol. The zero-order valence-electron chi connectivity index (χ0n) is 12.7. The van der Waals surface area contributed by atoms with Crippen LogP contribution < -0.4 is 10.1 Å². The Hall–Kier alpha value is -2.04. The smallest absolute Gasteiger partial charge is 0.160 e. The molecule has 2 aromatic carbocycles. The number of aliphatic hydroxyl groups is 1. The summed E-state index contributed by atoms with van der Waals surface area (Å²) in [5.74, 6) is 0.596. The molecule has 3 rings (SSSR count). The van der Waals surface area contributed by atoms with Crippen molar-refractivity contribution in [3.05, 3.63) is 59.2 Å². The number of benzene rings is 2. The Labute approximate surface area is 130 Å². The van der Waals surface area contributed by atoms with E-state index in [9.17, 15) is 10.2 Å². The van der Waals surface area contributed by atoms with Crippen molar-refractivity contribution in [2.75, 3.05) is 13.7 Å². The second-order valence-electron chi connectivity index (χ2n) is 5.80. The Balaban J connectivity index is 1.63. The van der Waals surface area contributed by atoms with Gasteiger partial charge < -0.3 is 20.3 Å². The van der Waals surface area contributed by atoms with Crippen LogP contribution in [0, 0.1) is 0 Å². The van der Waals surface area contributed by atoms with E-state index in [1.54, 1.807) is 12.1 Å². The molecule has 0 amide bonds. The first-order valence-electron chi connectivity index (χ1n) is 7.50. The van der Waals surface area contributed by atoms with E-state index in [0.717, 1.165) is 24.0 Å². The third kappa shape index (κ3) is 2.80. The van der Waals surface area contributed by atoms with E-state index in [0.29, 0.717) is 18.8 Å². The van der Waals surface area contributed by atoms with Crippen LogP contribution in [0.4, 0.5) is 0 Å². The predicted molar refractivity (Wildman–Crippen MR) is 85.0 cm³/mol. The van der Waals surface area contributed by atoms with E-state index in [2.05, 4.69) is 11.4 Å². The molecule has 1 aliphatic carbocycles. The molecule has 0 spiro atoms. The maximum absolute atomic E-state index is 10.8. The number of fused-ring (bicyclic) bond motifs is 1. The lowest BCUT2D eigenvalue weighted by molar-refractivity contribution is 0.0384. The molecular weight excluding hydrogens is 278 g/mol. The van der Waals surface area contributed by atoms with Gasteiger partial charge in [-0.3, -0.25) is 0 Å². The molecule has 2 aromatic rings. The molecule has 0 aromatic heterocycles. The fourth-order valence-corrected chi connectivity index (χ4v) is 3.11. The maximum Gasteiger partial charge on any atom is 0.160 e. The molecule has 1 atom stereocenters. The minimum atomic E-state index is -0.800. The Bertz CT molecular complexity index is 671. The molecule has 0 fully saturated rings. The van der Waals surface area contributed by atoms with Gasteiger partial charge in [-0.1, -0.05) is 30.3 Å². The van der Waals surface area contributed by atoms with Crippen molar-refractivity contribution in [1.29, 1.82) is 0 Å². The van der Waals surface area contributed by atoms with Crippen molar-refractivity contribution in [2.45, 2.75) is 25.0 Å². The molecule has 0 radical (unpaired) electrons. The van der Waals surface area contributed by atoms with Crippen molar-refractivity contribution in [3.8, 4) is 11.5 Å². The minimum absolute atomic E-state index is 0.131. The van der Waals surface area contributed by atoms with Crippen molar-refractivity contribution in [2.24, 2.45) is 0 Å². The van der Waals surface area contributed by atoms with Gasteiger partial charge in [0, 0.05) is 13.1 Å². The number of nitrogens with one attached hydrogen (secondary N) is 1. The lowest BCUT2D eigenvalue weighted by Gasteiger charge is -2.24. The van der Waals surface area contributed by atoms with Gasteiger partial charge in [0.25, 0.3) is 0 Å². The highest BCUT2D eigenvalue weighted by Crippen LogP contribution is 2.36. The summed E-state index contributed by atoms with van der Waals surface area (Å²) in [6.45, 7) is 1.08. The van der Waals surface area contributed by atoms with E-state index in [-0.39, 0.29) is 5.75 Å². The molecule has 0 aliphatic heterocycles. The summed E-state index contributed by atoms with van der Waals surface area (Å²) in [5.41, 5.74) is 2.41. The van der Waals surface area contributed by atoms with Crippen LogP contribution in [0.25, 0.3) is 0 Å². The fraction of sp³-hybridized carbons (Fsp3) is 0.333. The van der Waals surface area contributed by atoms with E-state index in [1.165, 1.54) is 12.7 Å². The van der Waals surface area contributed by atoms with Crippen LogP contribution in [-0.2, 0) is 18.6 Å². The molecule has 22 heavy (non-hydrogen) atoms. The first-order valence-corrected chi connectivity index (χ1v) is 7.50. The SMILES string of the molecule is COc1ccc(CNCC2(O)CCc3ccccc32)cc1O. The van der Waals surface area contributed by atoms with E-state index in [1.807, 2.05) is 24.3 Å². The number of hydrogen-bond donors (Lipinski definition) is 3. The highest BCUT2D eigenvalue weighted by molar-refractivity contribution is 5.41. The number of phenols is 1. The standard InChI is InChI=1S/C18H21NO3/c1-22-17-7-6-13(10-16(17)20)11-19-12-18(21)9-8-14-4-2-3-5-15(14)18/h2-7,10,19-21H,8-9,11-12H2,1H3. The lowest BCUT2D eigenvalue weighted by Crippen LogP contribution is -2.35. The van der Waals surface area contributed by atoms with E-state index >= 15 is 0 Å². The van der Waals surface area contributed by atoms with Crippen molar-refractivity contribution >= 4 is 0 Å². The molecule has 0 saturated heterocycles. The van der Waals surface area contributed by atoms with Gasteiger partial charge in [0.05, 0.1) is 7.11 Å². The minimum Gasteiger partial charge on any atom is -0.504 e. The molecule has 1 unspecified atom stereocenters. The number of rotatable bonds is 5. The second kappa shape index (κ2) is 5.99. The third-order valence-electron chi connectivity index (χ3n) is 4.32. The summed E-state index contributed by atoms with van der Waals surface area (Å²) >= 11 is 0. The van der Waals surface area contributed by atoms with Crippen LogP contribution >= 0.6 is 0 Å². The first-order chi connectivity index (χ1) is 10.6. The molecular formula is C18H21NO3. The first kappa shape index (κ1) is 14.9. The van der Waals surface area contributed by atoms with Crippen LogP contribution in [0.2, 0.25) is 0 Å². The van der Waals surface area contributed by atoms with E-state index < -0.39 is 5.60 Å². The fourth-order valence-electron chi connectivity index (χ4n) is 3.11. The zero-order valence-corrected chi connectivity index (χ0v) is 12.7. The van der Waals surface area contributed by atoms with Gasteiger partial charge in [0.15, 0.2) is 11.5 Å². The summed E-state index contributed by atoms with van der Waals surface area (Å²) in [4.78, 5) is 0. The van der Waals surface area contributed by atoms with Crippen molar-refractivity contribution < 1.29 is 14.9 Å².